The number of rotatable bonds is 6. The van der Waals surface area contributed by atoms with E-state index in [-0.39, 0.29) is 27.8 Å². The van der Waals surface area contributed by atoms with Crippen molar-refractivity contribution in [2.24, 2.45) is 0 Å². The second kappa shape index (κ2) is 9.65. The molecule has 2 N–H and O–H groups in total. The fraction of sp³-hybridized carbons (Fsp3) is 0.263. The maximum Gasteiger partial charge on any atom is 0.276 e. The van der Waals surface area contributed by atoms with E-state index in [2.05, 4.69) is 10.9 Å². The van der Waals surface area contributed by atoms with E-state index in [4.69, 9.17) is 27.9 Å². The molecule has 2 aromatic rings. The van der Waals surface area contributed by atoms with Gasteiger partial charge in [-0.2, -0.15) is 4.31 Å². The van der Waals surface area contributed by atoms with E-state index in [0.29, 0.717) is 18.1 Å². The van der Waals surface area contributed by atoms with E-state index in [1.54, 1.807) is 6.07 Å². The molecule has 160 valence electrons. The number of sulfonamides is 1. The minimum absolute atomic E-state index is 0.123. The van der Waals surface area contributed by atoms with Crippen molar-refractivity contribution in [3.05, 3.63) is 58.1 Å². The number of carbonyl (C=O) groups excluding carboxylic acids is 2. The summed E-state index contributed by atoms with van der Waals surface area (Å²) in [7, 11) is -3.55. The second-order valence-electron chi connectivity index (χ2n) is 6.50. The predicted octanol–water partition coefficient (Wildman–Crippen LogP) is 2.62. The van der Waals surface area contributed by atoms with Crippen LogP contribution in [0.5, 0.6) is 5.75 Å². The highest BCUT2D eigenvalue weighted by atomic mass is 35.5. The van der Waals surface area contributed by atoms with Crippen molar-refractivity contribution in [3.63, 3.8) is 0 Å². The van der Waals surface area contributed by atoms with Gasteiger partial charge >= 0.3 is 0 Å². The standard InChI is InChI=1S/C19H19Cl2N3O5S/c20-14-5-8-17(16(21)11-14)29-12-18(25)22-23-19(26)13-3-6-15(7-4-13)30(27,28)24-9-1-2-10-24/h3-8,11H,1-2,9-10,12H2,(H,22,25)(H,23,26). The molecule has 0 saturated carbocycles. The Labute approximate surface area is 184 Å². The zero-order valence-electron chi connectivity index (χ0n) is 15.7. The molecule has 8 nitrogen and oxygen atoms in total. The molecule has 2 aromatic carbocycles. The maximum absolute atomic E-state index is 12.5. The number of hydrogen-bond acceptors (Lipinski definition) is 5. The number of nitrogens with one attached hydrogen (secondary N) is 2. The van der Waals surface area contributed by atoms with E-state index in [1.807, 2.05) is 0 Å². The van der Waals surface area contributed by atoms with Crippen molar-refractivity contribution in [1.29, 1.82) is 0 Å². The molecule has 1 aliphatic rings. The molecular formula is C19H19Cl2N3O5S. The van der Waals surface area contributed by atoms with Gasteiger partial charge < -0.3 is 4.74 Å². The molecule has 3 rings (SSSR count). The van der Waals surface area contributed by atoms with Crippen molar-refractivity contribution in [3.8, 4) is 5.75 Å². The number of carbonyl (C=O) groups is 2. The van der Waals surface area contributed by atoms with Gasteiger partial charge in [0.15, 0.2) is 6.61 Å². The van der Waals surface area contributed by atoms with Crippen LogP contribution in [0.2, 0.25) is 10.0 Å². The highest BCUT2D eigenvalue weighted by Gasteiger charge is 2.27. The summed E-state index contributed by atoms with van der Waals surface area (Å²) in [5, 5.41) is 0.687. The molecule has 1 aliphatic heterocycles. The normalized spacial score (nSPS) is 14.3. The van der Waals surface area contributed by atoms with Crippen LogP contribution >= 0.6 is 23.2 Å². The van der Waals surface area contributed by atoms with Gasteiger partial charge in [0, 0.05) is 23.7 Å². The average molecular weight is 472 g/mol. The molecule has 1 heterocycles. The summed E-state index contributed by atoms with van der Waals surface area (Å²) in [5.74, 6) is -0.932. The lowest BCUT2D eigenvalue weighted by molar-refractivity contribution is -0.123. The van der Waals surface area contributed by atoms with Gasteiger partial charge in [0.2, 0.25) is 10.0 Å². The van der Waals surface area contributed by atoms with Crippen molar-refractivity contribution in [2.45, 2.75) is 17.7 Å². The number of ether oxygens (including phenoxy) is 1. The summed E-state index contributed by atoms with van der Waals surface area (Å²) in [4.78, 5) is 24.2. The smallest absolute Gasteiger partial charge is 0.276 e. The van der Waals surface area contributed by atoms with Crippen molar-refractivity contribution >= 4 is 45.0 Å². The summed E-state index contributed by atoms with van der Waals surface area (Å²) in [6.07, 6.45) is 1.68. The first kappa shape index (κ1) is 22.4. The molecule has 30 heavy (non-hydrogen) atoms. The van der Waals surface area contributed by atoms with Crippen LogP contribution in [0.25, 0.3) is 0 Å². The molecule has 0 bridgehead atoms. The molecular weight excluding hydrogens is 453 g/mol. The first-order chi connectivity index (χ1) is 14.3. The third-order valence-corrected chi connectivity index (χ3v) is 6.83. The van der Waals surface area contributed by atoms with Crippen molar-refractivity contribution < 1.29 is 22.7 Å². The average Bonchev–Trinajstić information content (AvgIpc) is 3.27. The lowest BCUT2D eigenvalue weighted by Gasteiger charge is -2.15. The van der Waals surface area contributed by atoms with Crippen LogP contribution in [0, 0.1) is 0 Å². The van der Waals surface area contributed by atoms with Gasteiger partial charge in [-0.15, -0.1) is 0 Å². The number of amides is 2. The maximum atomic E-state index is 12.5. The molecule has 0 aliphatic carbocycles. The fourth-order valence-electron chi connectivity index (χ4n) is 2.83. The number of hydrogen-bond donors (Lipinski definition) is 2. The van der Waals surface area contributed by atoms with Crippen LogP contribution < -0.4 is 15.6 Å². The van der Waals surface area contributed by atoms with Crippen molar-refractivity contribution in [2.75, 3.05) is 19.7 Å². The molecule has 1 saturated heterocycles. The van der Waals surface area contributed by atoms with Gasteiger partial charge in [-0.3, -0.25) is 20.4 Å². The highest BCUT2D eigenvalue weighted by molar-refractivity contribution is 7.89. The van der Waals surface area contributed by atoms with E-state index in [1.165, 1.54) is 40.7 Å². The van der Waals surface area contributed by atoms with Crippen LogP contribution in [0.4, 0.5) is 0 Å². The fourth-order valence-corrected chi connectivity index (χ4v) is 4.81. The van der Waals surface area contributed by atoms with Crippen molar-refractivity contribution in [1.82, 2.24) is 15.2 Å². The summed E-state index contributed by atoms with van der Waals surface area (Å²) in [6, 6.07) is 10.1. The Bertz CT molecular complexity index is 1040. The molecule has 0 spiro atoms. The van der Waals surface area contributed by atoms with Crippen LogP contribution in [0.3, 0.4) is 0 Å². The third-order valence-electron chi connectivity index (χ3n) is 4.39. The first-order valence-corrected chi connectivity index (χ1v) is 11.2. The summed E-state index contributed by atoms with van der Waals surface area (Å²) in [5.41, 5.74) is 4.64. The highest BCUT2D eigenvalue weighted by Crippen LogP contribution is 2.27. The molecule has 11 heteroatoms. The molecule has 0 radical (unpaired) electrons. The predicted molar refractivity (Wildman–Crippen MR) is 112 cm³/mol. The van der Waals surface area contributed by atoms with Gasteiger partial charge in [0.25, 0.3) is 11.8 Å². The van der Waals surface area contributed by atoms with Crippen LogP contribution in [-0.4, -0.2) is 44.2 Å². The zero-order chi connectivity index (χ0) is 21.7. The summed E-state index contributed by atoms with van der Waals surface area (Å²) >= 11 is 11.7. The number of nitrogens with zero attached hydrogens (tertiary/aromatic N) is 1. The minimum Gasteiger partial charge on any atom is -0.482 e. The summed E-state index contributed by atoms with van der Waals surface area (Å²) in [6.45, 7) is 0.620. The van der Waals surface area contributed by atoms with E-state index < -0.39 is 21.8 Å². The molecule has 1 fully saturated rings. The number of halogens is 2. The summed E-state index contributed by atoms with van der Waals surface area (Å²) < 4.78 is 31.7. The Balaban J connectivity index is 1.51. The zero-order valence-corrected chi connectivity index (χ0v) is 18.1. The molecule has 0 atom stereocenters. The SMILES string of the molecule is O=C(COc1ccc(Cl)cc1Cl)NNC(=O)c1ccc(S(=O)(=O)N2CCCC2)cc1. The van der Waals surface area contributed by atoms with Gasteiger partial charge in [-0.05, 0) is 55.3 Å². The lowest BCUT2D eigenvalue weighted by Crippen LogP contribution is -2.43. The second-order valence-corrected chi connectivity index (χ2v) is 9.28. The van der Waals surface area contributed by atoms with Gasteiger partial charge in [0.05, 0.1) is 9.92 Å². The third kappa shape index (κ3) is 5.42. The monoisotopic (exact) mass is 471 g/mol. The Morgan fingerprint density at radius 2 is 1.67 bits per heavy atom. The Morgan fingerprint density at radius 1 is 1.00 bits per heavy atom. The molecule has 0 unspecified atom stereocenters. The van der Waals surface area contributed by atoms with E-state index in [9.17, 15) is 18.0 Å². The van der Waals surface area contributed by atoms with Crippen LogP contribution in [-0.2, 0) is 14.8 Å². The topological polar surface area (TPSA) is 105 Å². The Kier molecular flexibility index (Phi) is 7.19. The largest absolute Gasteiger partial charge is 0.482 e. The van der Waals surface area contributed by atoms with E-state index >= 15 is 0 Å². The Hall–Kier alpha value is -2.33. The Morgan fingerprint density at radius 3 is 2.30 bits per heavy atom. The minimum atomic E-state index is -3.55. The lowest BCUT2D eigenvalue weighted by atomic mass is 10.2. The first-order valence-electron chi connectivity index (χ1n) is 9.04. The van der Waals surface area contributed by atoms with Gasteiger partial charge in [0.1, 0.15) is 5.75 Å². The van der Waals surface area contributed by atoms with E-state index in [0.717, 1.165) is 12.8 Å². The van der Waals surface area contributed by atoms with Gasteiger partial charge in [-0.1, -0.05) is 23.2 Å². The molecule has 0 aromatic heterocycles. The van der Waals surface area contributed by atoms with Crippen LogP contribution in [0.15, 0.2) is 47.4 Å². The quantitative estimate of drug-likeness (QED) is 0.629. The molecule has 2 amide bonds. The van der Waals surface area contributed by atoms with Crippen LogP contribution in [0.1, 0.15) is 23.2 Å². The number of benzene rings is 2. The van der Waals surface area contributed by atoms with Gasteiger partial charge in [-0.25, -0.2) is 8.42 Å². The number of hydrazine groups is 1.